The third-order valence-electron chi connectivity index (χ3n) is 7.18. The lowest BCUT2D eigenvalue weighted by atomic mass is 10.0. The van der Waals surface area contributed by atoms with E-state index < -0.39 is 36.1 Å². The maximum Gasteiger partial charge on any atom is 0.411 e. The number of fused-ring (bicyclic) bond motifs is 2. The molecule has 0 aliphatic rings. The van der Waals surface area contributed by atoms with Gasteiger partial charge in [-0.15, -0.1) is 0 Å². The fraction of sp³-hybridized carbons (Fsp3) is 0.333. The van der Waals surface area contributed by atoms with Crippen LogP contribution in [0.1, 0.15) is 36.8 Å². The number of carbonyl (C=O) groups is 4. The van der Waals surface area contributed by atoms with Gasteiger partial charge in [0.05, 0.1) is 12.1 Å². The van der Waals surface area contributed by atoms with Crippen LogP contribution in [0.15, 0.2) is 60.9 Å². The number of aromatic amines is 2. The van der Waals surface area contributed by atoms with Gasteiger partial charge in [0, 0.05) is 34.2 Å². The van der Waals surface area contributed by atoms with Crippen molar-refractivity contribution in [2.75, 3.05) is 13.1 Å². The quantitative estimate of drug-likeness (QED) is 0.0987. The Morgan fingerprint density at radius 1 is 0.619 bits per heavy atom. The first-order valence-electron chi connectivity index (χ1n) is 14.0. The number of unbranched alkanes of at least 4 members (excludes halogenated alkanes) is 3. The molecule has 12 heteroatoms. The molecule has 4 amide bonds. The molecule has 0 radical (unpaired) electrons. The van der Waals surface area contributed by atoms with Gasteiger partial charge in [0.2, 0.25) is 11.8 Å². The van der Waals surface area contributed by atoms with Gasteiger partial charge in [-0.1, -0.05) is 49.2 Å². The minimum atomic E-state index is -1.39. The number of para-hydroxylation sites is 2. The summed E-state index contributed by atoms with van der Waals surface area (Å²) in [5, 5.41) is 30.3. The lowest BCUT2D eigenvalue weighted by Crippen LogP contribution is -2.47. The summed E-state index contributed by atoms with van der Waals surface area (Å²) < 4.78 is 0. The molecule has 2 aromatic heterocycles. The van der Waals surface area contributed by atoms with Crippen LogP contribution in [-0.4, -0.2) is 69.4 Å². The van der Waals surface area contributed by atoms with E-state index in [9.17, 15) is 19.2 Å². The first-order valence-corrected chi connectivity index (χ1v) is 14.0. The number of amides is 4. The Kier molecular flexibility index (Phi) is 10.7. The highest BCUT2D eigenvalue weighted by Crippen LogP contribution is 2.20. The summed E-state index contributed by atoms with van der Waals surface area (Å²) >= 11 is 0. The second kappa shape index (κ2) is 14.8. The first kappa shape index (κ1) is 30.3. The van der Waals surface area contributed by atoms with Crippen LogP contribution >= 0.6 is 0 Å². The van der Waals surface area contributed by atoms with Crippen molar-refractivity contribution in [1.29, 1.82) is 0 Å². The highest BCUT2D eigenvalue weighted by molar-refractivity contribution is 5.95. The van der Waals surface area contributed by atoms with Gasteiger partial charge >= 0.3 is 12.2 Å². The van der Waals surface area contributed by atoms with Gasteiger partial charge in [0.1, 0.15) is 0 Å². The van der Waals surface area contributed by atoms with Gasteiger partial charge < -0.3 is 30.8 Å². The second-order valence-corrected chi connectivity index (χ2v) is 10.1. The van der Waals surface area contributed by atoms with Crippen molar-refractivity contribution < 1.29 is 29.4 Å². The third-order valence-corrected chi connectivity index (χ3v) is 7.18. The summed E-state index contributed by atoms with van der Waals surface area (Å²) in [6, 6.07) is 14.0. The zero-order chi connectivity index (χ0) is 29.9. The van der Waals surface area contributed by atoms with Crippen molar-refractivity contribution in [1.82, 2.24) is 31.2 Å². The largest absolute Gasteiger partial charge is 0.465 e. The van der Waals surface area contributed by atoms with E-state index >= 15 is 0 Å². The van der Waals surface area contributed by atoms with Crippen LogP contribution in [0, 0.1) is 0 Å². The monoisotopic (exact) mass is 576 g/mol. The van der Waals surface area contributed by atoms with E-state index in [-0.39, 0.29) is 0 Å². The average molecular weight is 577 g/mol. The molecule has 0 fully saturated rings. The van der Waals surface area contributed by atoms with Gasteiger partial charge in [-0.05, 0) is 62.0 Å². The Morgan fingerprint density at radius 2 is 1.02 bits per heavy atom. The second-order valence-electron chi connectivity index (χ2n) is 10.1. The van der Waals surface area contributed by atoms with Crippen LogP contribution in [-0.2, 0) is 22.4 Å². The summed E-state index contributed by atoms with van der Waals surface area (Å²) in [5.74, 6) is -1.20. The van der Waals surface area contributed by atoms with E-state index in [0.717, 1.165) is 58.6 Å². The van der Waals surface area contributed by atoms with Gasteiger partial charge in [0.25, 0.3) is 0 Å². The highest BCUT2D eigenvalue weighted by Gasteiger charge is 2.23. The van der Waals surface area contributed by atoms with Gasteiger partial charge in [-0.3, -0.25) is 20.2 Å². The molecular weight excluding hydrogens is 540 g/mol. The van der Waals surface area contributed by atoms with E-state index in [1.54, 1.807) is 0 Å². The number of benzene rings is 2. The summed E-state index contributed by atoms with van der Waals surface area (Å²) in [7, 11) is 0. The van der Waals surface area contributed by atoms with Crippen molar-refractivity contribution in [3.05, 3.63) is 72.1 Å². The molecule has 2 heterocycles. The number of aromatic nitrogens is 2. The minimum Gasteiger partial charge on any atom is -0.465 e. The molecule has 2 atom stereocenters. The number of imide groups is 2. The Labute approximate surface area is 242 Å². The predicted molar refractivity (Wildman–Crippen MR) is 158 cm³/mol. The third kappa shape index (κ3) is 8.41. The lowest BCUT2D eigenvalue weighted by molar-refractivity contribution is -0.123. The minimum absolute atomic E-state index is 0.337. The van der Waals surface area contributed by atoms with Crippen molar-refractivity contribution >= 4 is 45.8 Å². The normalized spacial score (nSPS) is 12.7. The van der Waals surface area contributed by atoms with E-state index in [1.807, 2.05) is 71.6 Å². The molecule has 4 aromatic rings. The smallest absolute Gasteiger partial charge is 0.411 e. The fourth-order valence-electron chi connectivity index (χ4n) is 5.10. The number of rotatable bonds is 15. The van der Waals surface area contributed by atoms with Crippen molar-refractivity contribution in [3.63, 3.8) is 0 Å². The number of H-pyrrole nitrogens is 2. The molecule has 1 unspecified atom stereocenters. The molecule has 42 heavy (non-hydrogen) atoms. The van der Waals surface area contributed by atoms with Gasteiger partial charge in [-0.25, -0.2) is 9.59 Å². The molecular formula is C30H36N6O6. The Balaban J connectivity index is 1.22. The molecule has 0 bridgehead atoms. The highest BCUT2D eigenvalue weighted by atomic mass is 16.4. The predicted octanol–water partition coefficient (Wildman–Crippen LogP) is 3.50. The number of carboxylic acid groups (broad SMARTS) is 2. The Bertz CT molecular complexity index is 1410. The Morgan fingerprint density at radius 3 is 1.43 bits per heavy atom. The van der Waals surface area contributed by atoms with Crippen LogP contribution in [0.5, 0.6) is 0 Å². The van der Waals surface area contributed by atoms with Crippen LogP contribution in [0.3, 0.4) is 0 Å². The van der Waals surface area contributed by atoms with E-state index in [4.69, 9.17) is 10.2 Å². The fourth-order valence-corrected chi connectivity index (χ4v) is 5.10. The molecule has 0 aliphatic heterocycles. The average Bonchev–Trinajstić information content (AvgIpc) is 3.56. The number of nitrogens with one attached hydrogen (secondary N) is 6. The molecule has 0 saturated carbocycles. The molecule has 12 nitrogen and oxygen atoms in total. The topological polar surface area (TPSA) is 188 Å². The van der Waals surface area contributed by atoms with E-state index in [1.165, 1.54) is 0 Å². The molecule has 0 spiro atoms. The van der Waals surface area contributed by atoms with Crippen molar-refractivity contribution in [2.45, 2.75) is 50.6 Å². The molecule has 8 N–H and O–H groups in total. The van der Waals surface area contributed by atoms with Crippen molar-refractivity contribution in [2.24, 2.45) is 0 Å². The number of hydrogen-bond donors (Lipinski definition) is 8. The molecule has 0 aliphatic carbocycles. The maximum absolute atomic E-state index is 12.5. The van der Waals surface area contributed by atoms with Crippen LogP contribution in [0.2, 0.25) is 0 Å². The van der Waals surface area contributed by atoms with Crippen LogP contribution in [0.25, 0.3) is 21.8 Å². The molecule has 2 aromatic carbocycles. The molecule has 4 rings (SSSR count). The molecule has 222 valence electrons. The zero-order valence-corrected chi connectivity index (χ0v) is 23.1. The number of hydrogen-bond acceptors (Lipinski definition) is 6. The summed E-state index contributed by atoms with van der Waals surface area (Å²) in [4.78, 5) is 53.6. The van der Waals surface area contributed by atoms with Crippen molar-refractivity contribution in [3.8, 4) is 0 Å². The summed E-state index contributed by atoms with van der Waals surface area (Å²) in [6.45, 7) is 1.05. The molecule has 0 saturated heterocycles. The number of carbonyl (C=O) groups excluding carboxylic acids is 2. The zero-order valence-electron chi connectivity index (χ0n) is 23.1. The first-order chi connectivity index (χ1) is 20.3. The lowest BCUT2D eigenvalue weighted by Gasteiger charge is -2.18. The van der Waals surface area contributed by atoms with E-state index in [2.05, 4.69) is 20.6 Å². The maximum atomic E-state index is 12.5. The van der Waals surface area contributed by atoms with Gasteiger partial charge in [-0.2, -0.15) is 0 Å². The van der Waals surface area contributed by atoms with Gasteiger partial charge in [0.15, 0.2) is 0 Å². The standard InChI is InChI=1S/C30H36N6O6/c37-27(35-29(39)40)25(15-19-17-33-23-11-5-3-9-21(19)23)31-13-7-1-2-8-14-32-26(28(38)36-30(41)42)16-20-18-34-24-12-6-4-10-22(20)24/h3-6,9-12,17-18,25-26,31-34H,1-2,7-8,13-16H2,(H,35,37)(H,36,38)(H,39,40)(H,41,42)/t25-,26?/m0/s1. The summed E-state index contributed by atoms with van der Waals surface area (Å²) in [6.07, 6.45) is 4.80. The van der Waals surface area contributed by atoms with E-state index in [0.29, 0.717) is 25.9 Å². The SMILES string of the molecule is O=C(O)NC(=O)C(Cc1c[nH]c2ccccc12)NCCCCCCN[C@@H](Cc1c[nH]c2ccccc12)C(=O)NC(=O)O. The van der Waals surface area contributed by atoms with Crippen LogP contribution in [0.4, 0.5) is 9.59 Å². The summed E-state index contributed by atoms with van der Waals surface area (Å²) in [5.41, 5.74) is 3.73. The Hall–Kier alpha value is -4.68. The van der Waals surface area contributed by atoms with Crippen LogP contribution < -0.4 is 21.3 Å².